The standard InChI is InChI=1S/C29H41N3O4/c1-18(2)17-23(30-28(35)36-29(6,7)8)27(34)32(9)25(22-16-11-10-13-19(22)3)26(33)31-24-20(4)14-12-15-21(24)5/h10-16,18,23,25H,17H2,1-9H3,(H,30,35)(H,31,33). The van der Waals surface area contributed by atoms with Crippen LogP contribution in [-0.4, -0.2) is 41.5 Å². The number of aryl methyl sites for hydroxylation is 3. The maximum atomic E-state index is 13.8. The molecule has 7 heteroatoms. The molecule has 2 rings (SSSR count). The van der Waals surface area contributed by atoms with E-state index < -0.39 is 23.8 Å². The molecule has 2 N–H and O–H groups in total. The van der Waals surface area contributed by atoms with E-state index in [1.165, 1.54) is 4.90 Å². The van der Waals surface area contributed by atoms with Gasteiger partial charge in [-0.1, -0.05) is 56.3 Å². The number of para-hydroxylation sites is 1. The lowest BCUT2D eigenvalue weighted by Gasteiger charge is -2.33. The Labute approximate surface area is 215 Å². The molecule has 0 heterocycles. The summed E-state index contributed by atoms with van der Waals surface area (Å²) >= 11 is 0. The smallest absolute Gasteiger partial charge is 0.408 e. The van der Waals surface area contributed by atoms with Crippen molar-refractivity contribution in [3.63, 3.8) is 0 Å². The number of ether oxygens (including phenoxy) is 1. The lowest BCUT2D eigenvalue weighted by molar-refractivity contribution is -0.139. The van der Waals surface area contributed by atoms with Crippen LogP contribution in [0.25, 0.3) is 0 Å². The highest BCUT2D eigenvalue weighted by Gasteiger charge is 2.35. The van der Waals surface area contributed by atoms with Crippen molar-refractivity contribution in [1.29, 1.82) is 0 Å². The number of nitrogens with zero attached hydrogens (tertiary/aromatic N) is 1. The first-order valence-corrected chi connectivity index (χ1v) is 12.4. The third-order valence-electron chi connectivity index (χ3n) is 5.89. The van der Waals surface area contributed by atoms with Gasteiger partial charge in [-0.05, 0) is 76.1 Å². The van der Waals surface area contributed by atoms with E-state index >= 15 is 0 Å². The van der Waals surface area contributed by atoms with Gasteiger partial charge in [-0.15, -0.1) is 0 Å². The molecule has 0 saturated heterocycles. The molecule has 0 aliphatic heterocycles. The first kappa shape index (κ1) is 28.9. The predicted octanol–water partition coefficient (Wildman–Crippen LogP) is 5.69. The quantitative estimate of drug-likeness (QED) is 0.492. The molecule has 0 aromatic heterocycles. The van der Waals surface area contributed by atoms with Crippen LogP contribution < -0.4 is 10.6 Å². The number of amides is 3. The van der Waals surface area contributed by atoms with Gasteiger partial charge in [-0.25, -0.2) is 4.79 Å². The number of nitrogens with one attached hydrogen (secondary N) is 2. The molecule has 0 saturated carbocycles. The number of carbonyl (C=O) groups is 3. The molecule has 2 unspecified atom stereocenters. The minimum atomic E-state index is -0.896. The van der Waals surface area contributed by atoms with Crippen LogP contribution in [0.15, 0.2) is 42.5 Å². The van der Waals surface area contributed by atoms with Gasteiger partial charge >= 0.3 is 6.09 Å². The number of carbonyl (C=O) groups excluding carboxylic acids is 3. The van der Waals surface area contributed by atoms with Crippen molar-refractivity contribution in [3.05, 3.63) is 64.7 Å². The maximum Gasteiger partial charge on any atom is 0.408 e. The Morgan fingerprint density at radius 1 is 0.917 bits per heavy atom. The van der Waals surface area contributed by atoms with E-state index in [0.29, 0.717) is 6.42 Å². The average molecular weight is 496 g/mol. The van der Waals surface area contributed by atoms with Gasteiger partial charge in [0, 0.05) is 12.7 Å². The first-order chi connectivity index (χ1) is 16.7. The second-order valence-electron chi connectivity index (χ2n) is 10.8. The fourth-order valence-corrected chi connectivity index (χ4v) is 4.14. The summed E-state index contributed by atoms with van der Waals surface area (Å²) in [5.41, 5.74) is 3.51. The third kappa shape index (κ3) is 7.83. The fraction of sp³-hybridized carbons (Fsp3) is 0.483. The van der Waals surface area contributed by atoms with Crippen molar-refractivity contribution in [2.45, 2.75) is 79.5 Å². The zero-order chi connectivity index (χ0) is 27.2. The van der Waals surface area contributed by atoms with E-state index in [4.69, 9.17) is 4.74 Å². The summed E-state index contributed by atoms with van der Waals surface area (Å²) in [5, 5.41) is 5.78. The van der Waals surface area contributed by atoms with Crippen LogP contribution in [0.4, 0.5) is 10.5 Å². The van der Waals surface area contributed by atoms with Gasteiger partial charge < -0.3 is 20.3 Å². The number of anilines is 1. The van der Waals surface area contributed by atoms with Gasteiger partial charge in [0.25, 0.3) is 5.91 Å². The van der Waals surface area contributed by atoms with Crippen LogP contribution in [0.5, 0.6) is 0 Å². The van der Waals surface area contributed by atoms with E-state index in [1.54, 1.807) is 27.8 Å². The molecule has 2 aromatic carbocycles. The highest BCUT2D eigenvalue weighted by atomic mass is 16.6. The lowest BCUT2D eigenvalue weighted by Crippen LogP contribution is -2.51. The van der Waals surface area contributed by atoms with Crippen LogP contribution in [-0.2, 0) is 14.3 Å². The van der Waals surface area contributed by atoms with Crippen LogP contribution in [0.3, 0.4) is 0 Å². The number of hydrogen-bond donors (Lipinski definition) is 2. The lowest BCUT2D eigenvalue weighted by atomic mass is 9.97. The summed E-state index contributed by atoms with van der Waals surface area (Å²) in [6.45, 7) is 15.0. The van der Waals surface area contributed by atoms with E-state index in [9.17, 15) is 14.4 Å². The Kier molecular flexibility index (Phi) is 9.68. The van der Waals surface area contributed by atoms with Crippen LogP contribution in [0, 0.1) is 26.7 Å². The van der Waals surface area contributed by atoms with Crippen molar-refractivity contribution in [2.75, 3.05) is 12.4 Å². The minimum Gasteiger partial charge on any atom is -0.444 e. The van der Waals surface area contributed by atoms with Gasteiger partial charge in [0.2, 0.25) is 5.91 Å². The Morgan fingerprint density at radius 2 is 1.47 bits per heavy atom. The maximum absolute atomic E-state index is 13.8. The average Bonchev–Trinajstić information content (AvgIpc) is 2.75. The zero-order valence-corrected chi connectivity index (χ0v) is 23.1. The Balaban J connectivity index is 2.44. The number of benzene rings is 2. The van der Waals surface area contributed by atoms with E-state index in [0.717, 1.165) is 27.9 Å². The fourth-order valence-electron chi connectivity index (χ4n) is 4.14. The van der Waals surface area contributed by atoms with Crippen molar-refractivity contribution >= 4 is 23.6 Å². The molecule has 7 nitrogen and oxygen atoms in total. The molecule has 0 bridgehead atoms. The topological polar surface area (TPSA) is 87.7 Å². The molecule has 0 aliphatic rings. The molecule has 2 aromatic rings. The largest absolute Gasteiger partial charge is 0.444 e. The van der Waals surface area contributed by atoms with E-state index in [-0.39, 0.29) is 17.7 Å². The highest BCUT2D eigenvalue weighted by molar-refractivity contribution is 6.00. The van der Waals surface area contributed by atoms with E-state index in [2.05, 4.69) is 10.6 Å². The molecule has 0 aliphatic carbocycles. The second kappa shape index (κ2) is 12.1. The van der Waals surface area contributed by atoms with Crippen LogP contribution in [0.1, 0.15) is 69.3 Å². The zero-order valence-electron chi connectivity index (χ0n) is 23.1. The van der Waals surface area contributed by atoms with Gasteiger partial charge in [0.15, 0.2) is 0 Å². The monoisotopic (exact) mass is 495 g/mol. The Hall–Kier alpha value is -3.35. The van der Waals surface area contributed by atoms with Gasteiger partial charge in [0.1, 0.15) is 17.7 Å². The molecular formula is C29H41N3O4. The third-order valence-corrected chi connectivity index (χ3v) is 5.89. The predicted molar refractivity (Wildman–Crippen MR) is 144 cm³/mol. The minimum absolute atomic E-state index is 0.127. The molecule has 3 amide bonds. The summed E-state index contributed by atoms with van der Waals surface area (Å²) in [6.07, 6.45) is -0.260. The SMILES string of the molecule is Cc1ccccc1C(C(=O)Nc1c(C)cccc1C)N(C)C(=O)C(CC(C)C)NC(=O)OC(C)(C)C. The van der Waals surface area contributed by atoms with Gasteiger partial charge in [-0.3, -0.25) is 9.59 Å². The van der Waals surface area contributed by atoms with Crippen LogP contribution >= 0.6 is 0 Å². The summed E-state index contributed by atoms with van der Waals surface area (Å²) in [4.78, 5) is 41.5. The summed E-state index contributed by atoms with van der Waals surface area (Å²) < 4.78 is 5.40. The van der Waals surface area contributed by atoms with Gasteiger partial charge in [-0.2, -0.15) is 0 Å². The normalized spacial score (nSPS) is 13.1. The molecule has 0 radical (unpaired) electrons. The molecule has 0 spiro atoms. The number of rotatable bonds is 8. The molecule has 196 valence electrons. The second-order valence-corrected chi connectivity index (χ2v) is 10.8. The number of hydrogen-bond acceptors (Lipinski definition) is 4. The van der Waals surface area contributed by atoms with Crippen molar-refractivity contribution in [2.24, 2.45) is 5.92 Å². The highest BCUT2D eigenvalue weighted by Crippen LogP contribution is 2.28. The van der Waals surface area contributed by atoms with Crippen molar-refractivity contribution in [3.8, 4) is 0 Å². The molecule has 0 fully saturated rings. The summed E-state index contributed by atoms with van der Waals surface area (Å²) in [6, 6.07) is 11.6. The summed E-state index contributed by atoms with van der Waals surface area (Å²) in [7, 11) is 1.60. The Morgan fingerprint density at radius 3 is 2.00 bits per heavy atom. The van der Waals surface area contributed by atoms with Crippen molar-refractivity contribution in [1.82, 2.24) is 10.2 Å². The van der Waals surface area contributed by atoms with Crippen LogP contribution in [0.2, 0.25) is 0 Å². The first-order valence-electron chi connectivity index (χ1n) is 12.4. The number of likely N-dealkylation sites (N-methyl/N-ethyl adjacent to an activating group) is 1. The molecular weight excluding hydrogens is 454 g/mol. The molecule has 36 heavy (non-hydrogen) atoms. The van der Waals surface area contributed by atoms with Gasteiger partial charge in [0.05, 0.1) is 0 Å². The summed E-state index contributed by atoms with van der Waals surface area (Å²) in [5.74, 6) is -0.555. The number of alkyl carbamates (subject to hydrolysis) is 1. The Bertz CT molecular complexity index is 1070. The van der Waals surface area contributed by atoms with E-state index in [1.807, 2.05) is 77.1 Å². The van der Waals surface area contributed by atoms with Crippen molar-refractivity contribution < 1.29 is 19.1 Å². The molecule has 2 atom stereocenters.